The maximum absolute atomic E-state index is 12.0. The van der Waals surface area contributed by atoms with Gasteiger partial charge in [0.1, 0.15) is 0 Å². The maximum atomic E-state index is 12.0. The normalized spacial score (nSPS) is 11.5. The predicted molar refractivity (Wildman–Crippen MR) is 77.7 cm³/mol. The van der Waals surface area contributed by atoms with Gasteiger partial charge >= 0.3 is 5.97 Å². The number of esters is 1. The minimum absolute atomic E-state index is 0.210. The number of amides is 1. The Bertz CT molecular complexity index is 530. The fourth-order valence-corrected chi connectivity index (χ4v) is 1.66. The minimum atomic E-state index is -0.543. The molecule has 1 rings (SSSR count). The smallest absolute Gasteiger partial charge is 0.338 e. The molecule has 7 nitrogen and oxygen atoms in total. The molecule has 116 valence electrons. The van der Waals surface area contributed by atoms with Gasteiger partial charge in [-0.05, 0) is 12.1 Å². The van der Waals surface area contributed by atoms with Crippen molar-refractivity contribution in [2.24, 2.45) is 11.7 Å². The average Bonchev–Trinajstić information content (AvgIpc) is 2.51. The molecule has 0 radical (unpaired) electrons. The van der Waals surface area contributed by atoms with Crippen molar-refractivity contribution in [3.8, 4) is 11.5 Å². The van der Waals surface area contributed by atoms with Gasteiger partial charge in [0.25, 0.3) is 0 Å². The number of rotatable bonds is 6. The van der Waals surface area contributed by atoms with Crippen LogP contribution in [0.2, 0.25) is 0 Å². The first-order valence-corrected chi connectivity index (χ1v) is 6.33. The van der Waals surface area contributed by atoms with Crippen LogP contribution in [0.15, 0.2) is 12.1 Å². The van der Waals surface area contributed by atoms with E-state index in [1.807, 2.05) is 0 Å². The number of benzene rings is 1. The molecule has 0 bridgehead atoms. The Morgan fingerprint density at radius 2 is 1.90 bits per heavy atom. The van der Waals surface area contributed by atoms with E-state index in [9.17, 15) is 9.59 Å². The molecule has 21 heavy (non-hydrogen) atoms. The molecule has 0 aromatic heterocycles. The van der Waals surface area contributed by atoms with Crippen LogP contribution in [0.1, 0.15) is 17.3 Å². The first kappa shape index (κ1) is 16.8. The Kier molecular flexibility index (Phi) is 5.98. The molecule has 0 saturated heterocycles. The minimum Gasteiger partial charge on any atom is -0.493 e. The molecular weight excluding hydrogens is 276 g/mol. The van der Waals surface area contributed by atoms with E-state index in [2.05, 4.69) is 10.1 Å². The molecule has 1 atom stereocenters. The Morgan fingerprint density at radius 3 is 2.38 bits per heavy atom. The second kappa shape index (κ2) is 7.49. The summed E-state index contributed by atoms with van der Waals surface area (Å²) in [6.45, 7) is 1.91. The maximum Gasteiger partial charge on any atom is 0.338 e. The highest BCUT2D eigenvalue weighted by Crippen LogP contribution is 2.37. The number of carbonyl (C=O) groups excluding carboxylic acids is 2. The van der Waals surface area contributed by atoms with E-state index in [0.29, 0.717) is 17.2 Å². The number of carbonyl (C=O) groups is 2. The van der Waals surface area contributed by atoms with Gasteiger partial charge in [0.15, 0.2) is 11.5 Å². The van der Waals surface area contributed by atoms with Crippen LogP contribution in [-0.4, -0.2) is 39.8 Å². The van der Waals surface area contributed by atoms with Crippen LogP contribution < -0.4 is 20.5 Å². The highest BCUT2D eigenvalue weighted by molar-refractivity contribution is 5.98. The molecule has 1 unspecified atom stereocenters. The van der Waals surface area contributed by atoms with Crippen molar-refractivity contribution in [1.82, 2.24) is 0 Å². The van der Waals surface area contributed by atoms with E-state index in [0.717, 1.165) is 0 Å². The molecular formula is C14H20N2O5. The van der Waals surface area contributed by atoms with Crippen LogP contribution in [0.4, 0.5) is 5.69 Å². The van der Waals surface area contributed by atoms with Gasteiger partial charge in [0.2, 0.25) is 5.91 Å². The van der Waals surface area contributed by atoms with E-state index in [-0.39, 0.29) is 23.9 Å². The molecule has 1 aromatic carbocycles. The van der Waals surface area contributed by atoms with Crippen LogP contribution >= 0.6 is 0 Å². The first-order chi connectivity index (χ1) is 9.98. The van der Waals surface area contributed by atoms with Crippen molar-refractivity contribution in [2.45, 2.75) is 6.92 Å². The first-order valence-electron chi connectivity index (χ1n) is 6.33. The molecule has 0 aliphatic carbocycles. The van der Waals surface area contributed by atoms with Crippen molar-refractivity contribution in [1.29, 1.82) is 0 Å². The number of hydrogen-bond donors (Lipinski definition) is 2. The standard InChI is InChI=1S/C14H20N2O5/c1-8(7-15)13(17)16-10-5-9(14(18)21-4)6-11(19-2)12(10)20-3/h5-6,8H,7,15H2,1-4H3,(H,16,17). The third kappa shape index (κ3) is 3.85. The molecule has 0 spiro atoms. The van der Waals surface area contributed by atoms with Crippen LogP contribution in [-0.2, 0) is 9.53 Å². The summed E-state index contributed by atoms with van der Waals surface area (Å²) in [4.78, 5) is 23.6. The van der Waals surface area contributed by atoms with Gasteiger partial charge in [-0.2, -0.15) is 0 Å². The summed E-state index contributed by atoms with van der Waals surface area (Å²) >= 11 is 0. The van der Waals surface area contributed by atoms with E-state index in [1.165, 1.54) is 33.5 Å². The van der Waals surface area contributed by atoms with Crippen LogP contribution in [0.3, 0.4) is 0 Å². The lowest BCUT2D eigenvalue weighted by atomic mass is 10.1. The molecule has 3 N–H and O–H groups in total. The Hall–Kier alpha value is -2.28. The highest BCUT2D eigenvalue weighted by Gasteiger charge is 2.20. The summed E-state index contributed by atoms with van der Waals surface area (Å²) in [7, 11) is 4.15. The van der Waals surface area contributed by atoms with Gasteiger partial charge in [-0.25, -0.2) is 4.79 Å². The third-order valence-electron chi connectivity index (χ3n) is 2.96. The van der Waals surface area contributed by atoms with Gasteiger partial charge in [-0.3, -0.25) is 4.79 Å². The number of nitrogens with two attached hydrogens (primary N) is 1. The SMILES string of the molecule is COC(=O)c1cc(NC(=O)C(C)CN)c(OC)c(OC)c1. The quantitative estimate of drug-likeness (QED) is 0.760. The van der Waals surface area contributed by atoms with Gasteiger partial charge in [0, 0.05) is 12.5 Å². The number of ether oxygens (including phenoxy) is 3. The molecule has 0 saturated carbocycles. The molecule has 0 aliphatic heterocycles. The van der Waals surface area contributed by atoms with E-state index >= 15 is 0 Å². The van der Waals surface area contributed by atoms with Crippen molar-refractivity contribution in [2.75, 3.05) is 33.2 Å². The van der Waals surface area contributed by atoms with Crippen LogP contribution in [0.5, 0.6) is 11.5 Å². The summed E-state index contributed by atoms with van der Waals surface area (Å²) < 4.78 is 15.1. The Labute approximate surface area is 123 Å². The second-order valence-corrected chi connectivity index (χ2v) is 4.38. The molecule has 0 fully saturated rings. The highest BCUT2D eigenvalue weighted by atomic mass is 16.5. The molecule has 1 amide bonds. The van der Waals surface area contributed by atoms with E-state index in [1.54, 1.807) is 6.92 Å². The molecule has 1 aromatic rings. The van der Waals surface area contributed by atoms with Gasteiger partial charge in [-0.15, -0.1) is 0 Å². The summed E-state index contributed by atoms with van der Waals surface area (Å²) in [5.41, 5.74) is 6.03. The van der Waals surface area contributed by atoms with Crippen LogP contribution in [0, 0.1) is 5.92 Å². The fraction of sp³-hybridized carbons (Fsp3) is 0.429. The molecule has 7 heteroatoms. The topological polar surface area (TPSA) is 99.9 Å². The number of methoxy groups -OCH3 is 3. The lowest BCUT2D eigenvalue weighted by Gasteiger charge is -2.16. The van der Waals surface area contributed by atoms with Crippen molar-refractivity contribution >= 4 is 17.6 Å². The summed E-state index contributed by atoms with van der Waals surface area (Å²) in [5.74, 6) is -0.556. The zero-order chi connectivity index (χ0) is 16.0. The van der Waals surface area contributed by atoms with E-state index < -0.39 is 5.97 Å². The zero-order valence-corrected chi connectivity index (χ0v) is 12.6. The lowest BCUT2D eigenvalue weighted by Crippen LogP contribution is -2.27. The summed E-state index contributed by atoms with van der Waals surface area (Å²) in [6.07, 6.45) is 0. The van der Waals surface area contributed by atoms with E-state index in [4.69, 9.17) is 15.2 Å². The van der Waals surface area contributed by atoms with Crippen molar-refractivity contribution < 1.29 is 23.8 Å². The third-order valence-corrected chi connectivity index (χ3v) is 2.96. The second-order valence-electron chi connectivity index (χ2n) is 4.38. The van der Waals surface area contributed by atoms with Crippen molar-refractivity contribution in [3.05, 3.63) is 17.7 Å². The van der Waals surface area contributed by atoms with Crippen molar-refractivity contribution in [3.63, 3.8) is 0 Å². The Morgan fingerprint density at radius 1 is 1.24 bits per heavy atom. The summed E-state index contributed by atoms with van der Waals surface area (Å²) in [6, 6.07) is 2.95. The largest absolute Gasteiger partial charge is 0.493 e. The fourth-order valence-electron chi connectivity index (χ4n) is 1.66. The van der Waals surface area contributed by atoms with Crippen LogP contribution in [0.25, 0.3) is 0 Å². The van der Waals surface area contributed by atoms with Gasteiger partial charge < -0.3 is 25.3 Å². The molecule has 0 heterocycles. The van der Waals surface area contributed by atoms with Gasteiger partial charge in [0.05, 0.1) is 32.6 Å². The predicted octanol–water partition coefficient (Wildman–Crippen LogP) is 1.02. The summed E-state index contributed by atoms with van der Waals surface area (Å²) in [5, 5.41) is 2.67. The zero-order valence-electron chi connectivity index (χ0n) is 12.6. The Balaban J connectivity index is 3.26. The van der Waals surface area contributed by atoms with Gasteiger partial charge in [-0.1, -0.05) is 6.92 Å². The lowest BCUT2D eigenvalue weighted by molar-refractivity contribution is -0.119. The average molecular weight is 296 g/mol. The number of hydrogen-bond acceptors (Lipinski definition) is 6. The molecule has 0 aliphatic rings. The number of anilines is 1. The monoisotopic (exact) mass is 296 g/mol. The number of nitrogens with one attached hydrogen (secondary N) is 1.